The molecule has 116 valence electrons. The lowest BCUT2D eigenvalue weighted by atomic mass is 10.0. The smallest absolute Gasteiger partial charge is 0.308 e. The Hall–Kier alpha value is -2.01. The normalized spacial score (nSPS) is 23.5. The minimum atomic E-state index is -0.853. The molecule has 2 heterocycles. The molecule has 1 aromatic carbocycles. The third-order valence-electron chi connectivity index (χ3n) is 4.29. The van der Waals surface area contributed by atoms with Gasteiger partial charge in [0.05, 0.1) is 11.5 Å². The number of hydrogen-bond acceptors (Lipinski definition) is 3. The average Bonchev–Trinajstić information content (AvgIpc) is 2.87. The molecule has 2 aliphatic rings. The third kappa shape index (κ3) is 2.57. The Bertz CT molecular complexity index is 670. The number of halogens is 1. The molecule has 1 N–H and O–H groups in total. The number of ether oxygens (including phenoxy) is 1. The molecule has 2 atom stereocenters. The van der Waals surface area contributed by atoms with Crippen LogP contribution < -0.4 is 4.74 Å². The first-order valence-corrected chi connectivity index (χ1v) is 7.52. The van der Waals surface area contributed by atoms with E-state index < -0.39 is 11.9 Å². The highest BCUT2D eigenvalue weighted by Crippen LogP contribution is 2.31. The molecule has 1 fully saturated rings. The summed E-state index contributed by atoms with van der Waals surface area (Å²) in [6.45, 7) is 2.42. The Morgan fingerprint density at radius 3 is 2.86 bits per heavy atom. The van der Waals surface area contributed by atoms with Crippen molar-refractivity contribution < 1.29 is 19.4 Å². The maximum Gasteiger partial charge on any atom is 0.308 e. The van der Waals surface area contributed by atoms with E-state index >= 15 is 0 Å². The predicted octanol–water partition coefficient (Wildman–Crippen LogP) is 2.44. The largest absolute Gasteiger partial charge is 0.488 e. The molecule has 3 rings (SSSR count). The first-order chi connectivity index (χ1) is 10.5. The van der Waals surface area contributed by atoms with Crippen molar-refractivity contribution in [3.63, 3.8) is 0 Å². The van der Waals surface area contributed by atoms with Crippen molar-refractivity contribution in [2.24, 2.45) is 5.92 Å². The van der Waals surface area contributed by atoms with Gasteiger partial charge in [-0.05, 0) is 37.6 Å². The molecule has 1 aromatic rings. The van der Waals surface area contributed by atoms with Crippen LogP contribution in [0.15, 0.2) is 23.8 Å². The number of nitrogens with zero attached hydrogens (tertiary/aromatic N) is 1. The molecule has 0 spiro atoms. The summed E-state index contributed by atoms with van der Waals surface area (Å²) in [5, 5.41) is 9.74. The zero-order valence-corrected chi connectivity index (χ0v) is 12.8. The van der Waals surface area contributed by atoms with E-state index in [1.165, 1.54) is 0 Å². The van der Waals surface area contributed by atoms with Gasteiger partial charge in [-0.1, -0.05) is 11.6 Å². The van der Waals surface area contributed by atoms with Crippen molar-refractivity contribution in [3.05, 3.63) is 34.4 Å². The third-order valence-corrected chi connectivity index (χ3v) is 4.53. The van der Waals surface area contributed by atoms with Gasteiger partial charge < -0.3 is 14.7 Å². The van der Waals surface area contributed by atoms with E-state index in [1.807, 2.05) is 0 Å². The Morgan fingerprint density at radius 1 is 1.41 bits per heavy atom. The fourth-order valence-electron chi connectivity index (χ4n) is 3.01. The zero-order valence-electron chi connectivity index (χ0n) is 12.1. The second kappa shape index (κ2) is 5.65. The number of fused-ring (bicyclic) bond motifs is 1. The van der Waals surface area contributed by atoms with Crippen molar-refractivity contribution in [1.29, 1.82) is 0 Å². The van der Waals surface area contributed by atoms with Crippen LogP contribution in [0.5, 0.6) is 5.75 Å². The molecular weight excluding hydrogens is 306 g/mol. The van der Waals surface area contributed by atoms with Gasteiger partial charge in [0, 0.05) is 23.2 Å². The zero-order chi connectivity index (χ0) is 15.9. The predicted molar refractivity (Wildman–Crippen MR) is 81.8 cm³/mol. The molecule has 0 bridgehead atoms. The van der Waals surface area contributed by atoms with Gasteiger partial charge in [-0.2, -0.15) is 0 Å². The molecule has 5 nitrogen and oxygen atoms in total. The first-order valence-electron chi connectivity index (χ1n) is 7.14. The van der Waals surface area contributed by atoms with Crippen molar-refractivity contribution in [3.8, 4) is 5.75 Å². The number of carboxylic acids is 1. The van der Waals surface area contributed by atoms with E-state index in [9.17, 15) is 9.59 Å². The molecule has 0 aliphatic carbocycles. The van der Waals surface area contributed by atoms with Crippen molar-refractivity contribution in [1.82, 2.24) is 4.90 Å². The molecule has 0 aromatic heterocycles. The molecule has 1 amide bonds. The fourth-order valence-corrected chi connectivity index (χ4v) is 3.19. The molecular formula is C16H16ClNO4. The van der Waals surface area contributed by atoms with Crippen LogP contribution in [0, 0.1) is 5.92 Å². The van der Waals surface area contributed by atoms with Gasteiger partial charge in [-0.25, -0.2) is 0 Å². The number of carbonyl (C=O) groups is 2. The lowest BCUT2D eigenvalue weighted by molar-refractivity contribution is -0.142. The number of amides is 1. The van der Waals surface area contributed by atoms with E-state index in [0.29, 0.717) is 29.3 Å². The number of benzene rings is 1. The van der Waals surface area contributed by atoms with E-state index in [1.54, 1.807) is 36.1 Å². The highest BCUT2D eigenvalue weighted by molar-refractivity contribution is 6.30. The second-order valence-corrected chi connectivity index (χ2v) is 6.05. The van der Waals surface area contributed by atoms with E-state index in [-0.39, 0.29) is 18.6 Å². The van der Waals surface area contributed by atoms with Gasteiger partial charge in [0.1, 0.15) is 12.4 Å². The Kier molecular flexibility index (Phi) is 3.83. The van der Waals surface area contributed by atoms with Crippen LogP contribution in [0.4, 0.5) is 0 Å². The molecule has 1 saturated heterocycles. The van der Waals surface area contributed by atoms with E-state index in [0.717, 1.165) is 5.56 Å². The van der Waals surface area contributed by atoms with Crippen LogP contribution in [0.3, 0.4) is 0 Å². The molecule has 2 unspecified atom stereocenters. The van der Waals surface area contributed by atoms with Gasteiger partial charge in [-0.15, -0.1) is 0 Å². The van der Waals surface area contributed by atoms with Gasteiger partial charge in [-0.3, -0.25) is 9.59 Å². The van der Waals surface area contributed by atoms with E-state index in [4.69, 9.17) is 21.4 Å². The Balaban J connectivity index is 1.83. The number of rotatable bonds is 2. The van der Waals surface area contributed by atoms with Crippen LogP contribution in [0.2, 0.25) is 5.02 Å². The summed E-state index contributed by atoms with van der Waals surface area (Å²) in [6.07, 6.45) is 2.26. The lowest BCUT2D eigenvalue weighted by Crippen LogP contribution is -2.39. The SMILES string of the molecule is CC1C(C(=O)O)CCN1C(=O)C1=Cc2cc(Cl)ccc2OC1. The molecule has 6 heteroatoms. The summed E-state index contributed by atoms with van der Waals surface area (Å²) in [4.78, 5) is 25.4. The van der Waals surface area contributed by atoms with Crippen LogP contribution in [-0.2, 0) is 9.59 Å². The molecule has 0 radical (unpaired) electrons. The summed E-state index contributed by atoms with van der Waals surface area (Å²) < 4.78 is 5.59. The van der Waals surface area contributed by atoms with Gasteiger partial charge in [0.2, 0.25) is 0 Å². The van der Waals surface area contributed by atoms with Crippen LogP contribution in [0.1, 0.15) is 18.9 Å². The lowest BCUT2D eigenvalue weighted by Gasteiger charge is -2.26. The Morgan fingerprint density at radius 2 is 2.18 bits per heavy atom. The monoisotopic (exact) mass is 321 g/mol. The van der Waals surface area contributed by atoms with Crippen LogP contribution >= 0.6 is 11.6 Å². The topological polar surface area (TPSA) is 66.8 Å². The van der Waals surface area contributed by atoms with Crippen molar-refractivity contribution in [2.75, 3.05) is 13.2 Å². The minimum Gasteiger partial charge on any atom is -0.488 e. The second-order valence-electron chi connectivity index (χ2n) is 5.61. The van der Waals surface area contributed by atoms with Crippen molar-refractivity contribution in [2.45, 2.75) is 19.4 Å². The summed E-state index contributed by atoms with van der Waals surface area (Å²) in [5.74, 6) is -0.828. The van der Waals surface area contributed by atoms with E-state index in [2.05, 4.69) is 0 Å². The summed E-state index contributed by atoms with van der Waals surface area (Å²) in [6, 6.07) is 4.94. The number of aliphatic carboxylic acids is 1. The number of likely N-dealkylation sites (tertiary alicyclic amines) is 1. The number of hydrogen-bond donors (Lipinski definition) is 1. The van der Waals surface area contributed by atoms with Gasteiger partial charge >= 0.3 is 5.97 Å². The maximum absolute atomic E-state index is 12.6. The minimum absolute atomic E-state index is 0.165. The molecule has 22 heavy (non-hydrogen) atoms. The highest BCUT2D eigenvalue weighted by Gasteiger charge is 2.39. The Labute approximate surface area is 133 Å². The van der Waals surface area contributed by atoms with Crippen LogP contribution in [-0.4, -0.2) is 41.1 Å². The quantitative estimate of drug-likeness (QED) is 0.908. The molecule has 0 saturated carbocycles. The number of carbonyl (C=O) groups excluding carboxylic acids is 1. The first kappa shape index (κ1) is 14.9. The summed E-state index contributed by atoms with van der Waals surface area (Å²) in [5.41, 5.74) is 1.29. The highest BCUT2D eigenvalue weighted by atomic mass is 35.5. The summed E-state index contributed by atoms with van der Waals surface area (Å²) >= 11 is 5.96. The summed E-state index contributed by atoms with van der Waals surface area (Å²) in [7, 11) is 0. The average molecular weight is 322 g/mol. The molecule has 2 aliphatic heterocycles. The van der Waals surface area contributed by atoms with Crippen LogP contribution in [0.25, 0.3) is 6.08 Å². The number of carboxylic acid groups (broad SMARTS) is 1. The fraction of sp³-hybridized carbons (Fsp3) is 0.375. The van der Waals surface area contributed by atoms with Gasteiger partial charge in [0.25, 0.3) is 5.91 Å². The maximum atomic E-state index is 12.6. The van der Waals surface area contributed by atoms with Crippen molar-refractivity contribution >= 4 is 29.6 Å². The standard InChI is InChI=1S/C16H16ClNO4/c1-9-13(16(20)21)4-5-18(9)15(19)11-6-10-7-12(17)2-3-14(10)22-8-11/h2-3,6-7,9,13H,4-5,8H2,1H3,(H,20,21). The van der Waals surface area contributed by atoms with Gasteiger partial charge in [0.15, 0.2) is 0 Å².